The van der Waals surface area contributed by atoms with Gasteiger partial charge < -0.3 is 9.64 Å². The average molecular weight is 392 g/mol. The van der Waals surface area contributed by atoms with Crippen LogP contribution in [0.2, 0.25) is 0 Å². The van der Waals surface area contributed by atoms with Crippen LogP contribution in [0.4, 0.5) is 5.69 Å². The first-order chi connectivity index (χ1) is 14.1. The van der Waals surface area contributed by atoms with Crippen LogP contribution in [-0.4, -0.2) is 35.8 Å². The smallest absolute Gasteiger partial charge is 0.254 e. The molecule has 2 aromatic carbocycles. The number of amides is 3. The summed E-state index contributed by atoms with van der Waals surface area (Å²) in [5.74, 6) is 0.411. The lowest BCUT2D eigenvalue weighted by molar-refractivity contribution is -0.121. The first-order valence-corrected chi connectivity index (χ1v) is 10.1. The zero-order valence-corrected chi connectivity index (χ0v) is 16.5. The van der Waals surface area contributed by atoms with Crippen LogP contribution in [0.25, 0.3) is 0 Å². The topological polar surface area (TPSA) is 66.9 Å². The van der Waals surface area contributed by atoms with Gasteiger partial charge in [0.25, 0.3) is 5.91 Å². The Labute approximate surface area is 170 Å². The monoisotopic (exact) mass is 392 g/mol. The van der Waals surface area contributed by atoms with Crippen LogP contribution in [0.5, 0.6) is 5.75 Å². The minimum atomic E-state index is -0.191. The summed E-state index contributed by atoms with van der Waals surface area (Å²) < 4.78 is 5.50. The minimum absolute atomic E-state index is 0.0352. The Hall–Kier alpha value is -3.15. The van der Waals surface area contributed by atoms with Gasteiger partial charge >= 0.3 is 0 Å². The highest BCUT2D eigenvalue weighted by Gasteiger charge is 2.32. The maximum absolute atomic E-state index is 13.1. The number of benzene rings is 2. The third-order valence-electron chi connectivity index (χ3n) is 5.51. The molecule has 0 spiro atoms. The van der Waals surface area contributed by atoms with Crippen molar-refractivity contribution in [2.45, 2.75) is 38.6 Å². The number of carbonyl (C=O) groups excluding carboxylic acids is 3. The molecule has 6 heteroatoms. The Balaban J connectivity index is 1.51. The summed E-state index contributed by atoms with van der Waals surface area (Å²) in [4.78, 5) is 40.0. The zero-order valence-electron chi connectivity index (χ0n) is 16.5. The van der Waals surface area contributed by atoms with Gasteiger partial charge in [-0.3, -0.25) is 19.3 Å². The van der Waals surface area contributed by atoms with E-state index in [9.17, 15) is 14.4 Å². The molecule has 2 heterocycles. The van der Waals surface area contributed by atoms with E-state index in [-0.39, 0.29) is 36.6 Å². The molecule has 0 aliphatic carbocycles. The predicted molar refractivity (Wildman–Crippen MR) is 109 cm³/mol. The number of nitrogens with zero attached hydrogens (tertiary/aromatic N) is 2. The molecule has 6 nitrogen and oxygen atoms in total. The van der Waals surface area contributed by atoms with E-state index in [4.69, 9.17) is 4.74 Å². The fourth-order valence-electron chi connectivity index (χ4n) is 4.09. The maximum Gasteiger partial charge on any atom is 0.254 e. The molecule has 0 bridgehead atoms. The average Bonchev–Trinajstić information content (AvgIpc) is 3.35. The van der Waals surface area contributed by atoms with Gasteiger partial charge in [-0.15, -0.1) is 0 Å². The zero-order chi connectivity index (χ0) is 20.4. The van der Waals surface area contributed by atoms with Crippen LogP contribution < -0.4 is 9.64 Å². The van der Waals surface area contributed by atoms with E-state index in [2.05, 4.69) is 0 Å². The summed E-state index contributed by atoms with van der Waals surface area (Å²) in [6.45, 7) is 3.28. The number of anilines is 1. The van der Waals surface area contributed by atoms with Gasteiger partial charge in [0.15, 0.2) is 0 Å². The molecule has 1 atom stereocenters. The number of hydrogen-bond donors (Lipinski definition) is 0. The minimum Gasteiger partial charge on any atom is -0.494 e. The van der Waals surface area contributed by atoms with Crippen molar-refractivity contribution in [3.8, 4) is 5.75 Å². The first kappa shape index (κ1) is 19.2. The number of likely N-dealkylation sites (tertiary alicyclic amines) is 1. The van der Waals surface area contributed by atoms with Gasteiger partial charge in [0.2, 0.25) is 11.8 Å². The summed E-state index contributed by atoms with van der Waals surface area (Å²) in [6.07, 6.45) is 2.38. The summed E-state index contributed by atoms with van der Waals surface area (Å²) >= 11 is 0. The van der Waals surface area contributed by atoms with Crippen molar-refractivity contribution in [3.63, 3.8) is 0 Å². The van der Waals surface area contributed by atoms with Gasteiger partial charge in [-0.25, -0.2) is 0 Å². The van der Waals surface area contributed by atoms with E-state index in [0.29, 0.717) is 24.4 Å². The van der Waals surface area contributed by atoms with E-state index in [1.54, 1.807) is 24.3 Å². The second kappa shape index (κ2) is 8.07. The molecule has 0 saturated carbocycles. The molecule has 150 valence electrons. The predicted octanol–water partition coefficient (Wildman–Crippen LogP) is 3.72. The fourth-order valence-corrected chi connectivity index (χ4v) is 4.09. The highest BCUT2D eigenvalue weighted by Crippen LogP contribution is 2.34. The van der Waals surface area contributed by atoms with E-state index < -0.39 is 0 Å². The van der Waals surface area contributed by atoms with Crippen molar-refractivity contribution in [3.05, 3.63) is 59.7 Å². The van der Waals surface area contributed by atoms with Crippen molar-refractivity contribution >= 4 is 23.4 Å². The Bertz CT molecular complexity index is 905. The van der Waals surface area contributed by atoms with Crippen LogP contribution in [0.1, 0.15) is 54.6 Å². The molecule has 3 amide bonds. The second-order valence-electron chi connectivity index (χ2n) is 7.33. The lowest BCUT2D eigenvalue weighted by Crippen LogP contribution is -2.31. The quantitative estimate of drug-likeness (QED) is 0.728. The SMILES string of the molecule is CCOc1ccc(C2CCCN2C(=O)c2ccc(N3C(=O)CCC3=O)cc2)cc1. The lowest BCUT2D eigenvalue weighted by Gasteiger charge is -2.25. The molecule has 2 aliphatic rings. The highest BCUT2D eigenvalue weighted by atomic mass is 16.5. The Kier molecular flexibility index (Phi) is 5.34. The standard InChI is InChI=1S/C23H24N2O4/c1-2-29-19-11-7-16(8-12-19)20-4-3-15-24(20)23(28)17-5-9-18(10-6-17)25-21(26)13-14-22(25)27/h5-12,20H,2-4,13-15H2,1H3. The van der Waals surface area contributed by atoms with Crippen LogP contribution in [0.15, 0.2) is 48.5 Å². The van der Waals surface area contributed by atoms with E-state index in [1.165, 1.54) is 4.90 Å². The van der Waals surface area contributed by atoms with Crippen LogP contribution in [-0.2, 0) is 9.59 Å². The van der Waals surface area contributed by atoms with Crippen LogP contribution in [0, 0.1) is 0 Å². The van der Waals surface area contributed by atoms with Gasteiger partial charge in [-0.2, -0.15) is 0 Å². The second-order valence-corrected chi connectivity index (χ2v) is 7.33. The van der Waals surface area contributed by atoms with Crippen molar-refractivity contribution < 1.29 is 19.1 Å². The highest BCUT2D eigenvalue weighted by molar-refractivity contribution is 6.19. The number of carbonyl (C=O) groups is 3. The molecule has 0 N–H and O–H groups in total. The Morgan fingerprint density at radius 3 is 2.28 bits per heavy atom. The van der Waals surface area contributed by atoms with Crippen molar-refractivity contribution in [1.29, 1.82) is 0 Å². The molecule has 29 heavy (non-hydrogen) atoms. The summed E-state index contributed by atoms with van der Waals surface area (Å²) in [6, 6.07) is 14.7. The van der Waals surface area contributed by atoms with Gasteiger partial charge in [-0.1, -0.05) is 12.1 Å². The summed E-state index contributed by atoms with van der Waals surface area (Å²) in [7, 11) is 0. The molecular formula is C23H24N2O4. The number of imide groups is 1. The molecule has 4 rings (SSSR count). The molecule has 0 aromatic heterocycles. The molecule has 2 aliphatic heterocycles. The number of rotatable bonds is 5. The van der Waals surface area contributed by atoms with Gasteiger partial charge in [0.1, 0.15) is 5.75 Å². The maximum atomic E-state index is 13.1. The number of hydrogen-bond acceptors (Lipinski definition) is 4. The molecule has 2 saturated heterocycles. The molecule has 0 radical (unpaired) electrons. The summed E-state index contributed by atoms with van der Waals surface area (Å²) in [5.41, 5.74) is 2.19. The van der Waals surface area contributed by atoms with Crippen molar-refractivity contribution in [1.82, 2.24) is 4.90 Å². The third-order valence-corrected chi connectivity index (χ3v) is 5.51. The molecule has 2 fully saturated rings. The van der Waals surface area contributed by atoms with E-state index in [0.717, 1.165) is 24.2 Å². The van der Waals surface area contributed by atoms with Crippen LogP contribution >= 0.6 is 0 Å². The first-order valence-electron chi connectivity index (χ1n) is 10.1. The van der Waals surface area contributed by atoms with E-state index >= 15 is 0 Å². The normalized spacial score (nSPS) is 19.1. The fraction of sp³-hybridized carbons (Fsp3) is 0.348. The van der Waals surface area contributed by atoms with Gasteiger partial charge in [0, 0.05) is 24.9 Å². The molecule has 1 unspecified atom stereocenters. The molecule has 2 aromatic rings. The van der Waals surface area contributed by atoms with Gasteiger partial charge in [0.05, 0.1) is 18.3 Å². The molecular weight excluding hydrogens is 368 g/mol. The number of ether oxygens (including phenoxy) is 1. The van der Waals surface area contributed by atoms with E-state index in [1.807, 2.05) is 36.1 Å². The Morgan fingerprint density at radius 2 is 1.66 bits per heavy atom. The van der Waals surface area contributed by atoms with Crippen molar-refractivity contribution in [2.75, 3.05) is 18.1 Å². The largest absolute Gasteiger partial charge is 0.494 e. The Morgan fingerprint density at radius 1 is 1.00 bits per heavy atom. The summed E-state index contributed by atoms with van der Waals surface area (Å²) in [5, 5.41) is 0. The van der Waals surface area contributed by atoms with Gasteiger partial charge in [-0.05, 0) is 61.7 Å². The lowest BCUT2D eigenvalue weighted by atomic mass is 10.0. The van der Waals surface area contributed by atoms with Crippen molar-refractivity contribution in [2.24, 2.45) is 0 Å². The van der Waals surface area contributed by atoms with Crippen LogP contribution in [0.3, 0.4) is 0 Å². The third kappa shape index (κ3) is 3.75.